The van der Waals surface area contributed by atoms with Gasteiger partial charge in [-0.2, -0.15) is 0 Å². The molecule has 0 radical (unpaired) electrons. The van der Waals surface area contributed by atoms with Crippen LogP contribution in [0.3, 0.4) is 0 Å². The lowest BCUT2D eigenvalue weighted by atomic mass is 10.0. The first kappa shape index (κ1) is 18.3. The van der Waals surface area contributed by atoms with E-state index in [4.69, 9.17) is 10.2 Å². The first-order chi connectivity index (χ1) is 10.0. The molecule has 4 nitrogen and oxygen atoms in total. The van der Waals surface area contributed by atoms with Gasteiger partial charge in [0.2, 0.25) is 0 Å². The van der Waals surface area contributed by atoms with Gasteiger partial charge in [0.25, 0.3) is 5.91 Å². The summed E-state index contributed by atoms with van der Waals surface area (Å²) in [5.41, 5.74) is 8.51. The van der Waals surface area contributed by atoms with Crippen LogP contribution in [0.1, 0.15) is 34.2 Å². The minimum Gasteiger partial charge on any atom is -0.467 e. The highest BCUT2D eigenvalue weighted by Crippen LogP contribution is 2.14. The van der Waals surface area contributed by atoms with E-state index in [2.05, 4.69) is 31.2 Å². The molecule has 120 valence electrons. The molecule has 22 heavy (non-hydrogen) atoms. The summed E-state index contributed by atoms with van der Waals surface area (Å²) in [4.78, 5) is 14.1. The fourth-order valence-corrected chi connectivity index (χ4v) is 2.21. The lowest BCUT2D eigenvalue weighted by Crippen LogP contribution is -2.36. The molecule has 0 aliphatic heterocycles. The summed E-state index contributed by atoms with van der Waals surface area (Å²) in [7, 11) is 1.82. The van der Waals surface area contributed by atoms with E-state index in [9.17, 15) is 4.79 Å². The van der Waals surface area contributed by atoms with Gasteiger partial charge in [-0.05, 0) is 31.9 Å². The van der Waals surface area contributed by atoms with Crippen LogP contribution in [0.15, 0.2) is 41.0 Å². The third-order valence-electron chi connectivity index (χ3n) is 3.74. The number of carbonyl (C=O) groups excluding carboxylic acids is 1. The van der Waals surface area contributed by atoms with E-state index in [1.807, 2.05) is 14.0 Å². The van der Waals surface area contributed by atoms with Crippen LogP contribution >= 0.6 is 12.4 Å². The first-order valence-corrected chi connectivity index (χ1v) is 7.11. The van der Waals surface area contributed by atoms with E-state index < -0.39 is 0 Å². The largest absolute Gasteiger partial charge is 0.467 e. The Labute approximate surface area is 137 Å². The highest BCUT2D eigenvalue weighted by Gasteiger charge is 2.19. The molecule has 0 spiro atoms. The minimum atomic E-state index is -0.0435. The van der Waals surface area contributed by atoms with Crippen molar-refractivity contribution in [3.63, 3.8) is 0 Å². The molecule has 1 amide bonds. The summed E-state index contributed by atoms with van der Waals surface area (Å²) in [5, 5.41) is 0. The zero-order chi connectivity index (χ0) is 15.4. The Morgan fingerprint density at radius 1 is 1.32 bits per heavy atom. The normalized spacial score (nSPS) is 11.6. The predicted octanol–water partition coefficient (Wildman–Crippen LogP) is 3.17. The van der Waals surface area contributed by atoms with Gasteiger partial charge in [0.1, 0.15) is 12.0 Å². The topological polar surface area (TPSA) is 59.5 Å². The van der Waals surface area contributed by atoms with Gasteiger partial charge in [0, 0.05) is 13.1 Å². The maximum atomic E-state index is 12.4. The Balaban J connectivity index is 0.00000242. The highest BCUT2D eigenvalue weighted by molar-refractivity contribution is 5.94. The van der Waals surface area contributed by atoms with Gasteiger partial charge in [-0.25, -0.2) is 0 Å². The summed E-state index contributed by atoms with van der Waals surface area (Å²) in [6.07, 6.45) is 2.30. The van der Waals surface area contributed by atoms with Gasteiger partial charge >= 0.3 is 0 Å². The number of likely N-dealkylation sites (N-methyl/N-ethyl adjacent to an activating group) is 1. The van der Waals surface area contributed by atoms with Crippen molar-refractivity contribution in [1.82, 2.24) is 4.90 Å². The summed E-state index contributed by atoms with van der Waals surface area (Å²) in [6.45, 7) is 4.41. The molecule has 0 saturated carbocycles. The van der Waals surface area contributed by atoms with Gasteiger partial charge in [-0.15, -0.1) is 12.4 Å². The van der Waals surface area contributed by atoms with E-state index in [1.165, 1.54) is 17.4 Å². The average molecular weight is 323 g/mol. The van der Waals surface area contributed by atoms with Gasteiger partial charge < -0.3 is 15.1 Å². The van der Waals surface area contributed by atoms with Crippen molar-refractivity contribution in [1.29, 1.82) is 0 Å². The van der Waals surface area contributed by atoms with Crippen molar-refractivity contribution in [2.24, 2.45) is 5.73 Å². The van der Waals surface area contributed by atoms with Gasteiger partial charge in [-0.3, -0.25) is 4.79 Å². The molecule has 0 bridgehead atoms. The fourth-order valence-electron chi connectivity index (χ4n) is 2.21. The number of nitrogens with two attached hydrogens (primary N) is 1. The van der Waals surface area contributed by atoms with Crippen molar-refractivity contribution >= 4 is 18.3 Å². The standard InChI is InChI=1S/C17H22N2O2.ClH/c1-12-4-6-14(7-5-12)8-13(2)19(3)17(20)15-9-16(10-18)21-11-15;/h4-7,9,11,13H,8,10,18H2,1-3H3;1H. The van der Waals surface area contributed by atoms with Crippen molar-refractivity contribution in [2.45, 2.75) is 32.9 Å². The lowest BCUT2D eigenvalue weighted by molar-refractivity contribution is 0.0743. The molecule has 1 unspecified atom stereocenters. The summed E-state index contributed by atoms with van der Waals surface area (Å²) in [5.74, 6) is 0.580. The zero-order valence-electron chi connectivity index (χ0n) is 13.2. The Kier molecular flexibility index (Phi) is 6.65. The molecule has 1 aromatic heterocycles. The lowest BCUT2D eigenvalue weighted by Gasteiger charge is -2.24. The number of benzene rings is 1. The number of nitrogens with zero attached hydrogens (tertiary/aromatic N) is 1. The second kappa shape index (κ2) is 8.01. The second-order valence-corrected chi connectivity index (χ2v) is 5.46. The summed E-state index contributed by atoms with van der Waals surface area (Å²) < 4.78 is 5.22. The van der Waals surface area contributed by atoms with E-state index >= 15 is 0 Å². The molecule has 2 N–H and O–H groups in total. The summed E-state index contributed by atoms with van der Waals surface area (Å²) >= 11 is 0. The molecule has 0 aliphatic rings. The fraction of sp³-hybridized carbons (Fsp3) is 0.353. The molecule has 0 saturated heterocycles. The number of halogens is 1. The van der Waals surface area contributed by atoms with Crippen LogP contribution in [0.5, 0.6) is 0 Å². The first-order valence-electron chi connectivity index (χ1n) is 7.11. The molecule has 1 heterocycles. The maximum Gasteiger partial charge on any atom is 0.257 e. The highest BCUT2D eigenvalue weighted by atomic mass is 35.5. The van der Waals surface area contributed by atoms with E-state index in [0.29, 0.717) is 17.9 Å². The maximum absolute atomic E-state index is 12.4. The molecule has 1 aromatic carbocycles. The number of furan rings is 1. The van der Waals surface area contributed by atoms with E-state index in [1.54, 1.807) is 11.0 Å². The monoisotopic (exact) mass is 322 g/mol. The van der Waals surface area contributed by atoms with E-state index in [-0.39, 0.29) is 24.4 Å². The SMILES string of the molecule is Cc1ccc(CC(C)N(C)C(=O)c2coc(CN)c2)cc1.Cl. The molecule has 2 aromatic rings. The van der Waals surface area contributed by atoms with Crippen LogP contribution in [0.2, 0.25) is 0 Å². The van der Waals surface area contributed by atoms with Crippen molar-refractivity contribution in [2.75, 3.05) is 7.05 Å². The van der Waals surface area contributed by atoms with Crippen LogP contribution in [-0.4, -0.2) is 23.9 Å². The van der Waals surface area contributed by atoms with Crippen LogP contribution in [0, 0.1) is 6.92 Å². The van der Waals surface area contributed by atoms with Crippen LogP contribution in [0.25, 0.3) is 0 Å². The quantitative estimate of drug-likeness (QED) is 0.919. The number of amides is 1. The van der Waals surface area contributed by atoms with E-state index in [0.717, 1.165) is 6.42 Å². The Morgan fingerprint density at radius 3 is 2.50 bits per heavy atom. The smallest absolute Gasteiger partial charge is 0.257 e. The van der Waals surface area contributed by atoms with Gasteiger partial charge in [0.05, 0.1) is 12.1 Å². The molecule has 1 atom stereocenters. The molecule has 0 aliphatic carbocycles. The molecule has 5 heteroatoms. The van der Waals surface area contributed by atoms with Gasteiger partial charge in [0.15, 0.2) is 0 Å². The number of hydrogen-bond donors (Lipinski definition) is 1. The second-order valence-electron chi connectivity index (χ2n) is 5.46. The van der Waals surface area contributed by atoms with Crippen LogP contribution in [0.4, 0.5) is 0 Å². The number of carbonyl (C=O) groups is 1. The molecular weight excluding hydrogens is 300 g/mol. The summed E-state index contributed by atoms with van der Waals surface area (Å²) in [6, 6.07) is 10.2. The molecular formula is C17H23ClN2O2. The Morgan fingerprint density at radius 2 is 1.95 bits per heavy atom. The van der Waals surface area contributed by atoms with Crippen molar-refractivity contribution < 1.29 is 9.21 Å². The van der Waals surface area contributed by atoms with Crippen molar-refractivity contribution in [3.05, 3.63) is 59.0 Å². The average Bonchev–Trinajstić information content (AvgIpc) is 2.97. The van der Waals surface area contributed by atoms with Crippen molar-refractivity contribution in [3.8, 4) is 0 Å². The molecule has 2 rings (SSSR count). The zero-order valence-corrected chi connectivity index (χ0v) is 14.0. The Bertz CT molecular complexity index is 607. The van der Waals surface area contributed by atoms with Crippen LogP contribution < -0.4 is 5.73 Å². The predicted molar refractivity (Wildman–Crippen MR) is 90.3 cm³/mol. The molecule has 0 fully saturated rings. The minimum absolute atomic E-state index is 0. The Hall–Kier alpha value is -1.78. The van der Waals surface area contributed by atoms with Crippen LogP contribution in [-0.2, 0) is 13.0 Å². The number of aryl methyl sites for hydroxylation is 1. The van der Waals surface area contributed by atoms with Gasteiger partial charge in [-0.1, -0.05) is 29.8 Å². The third-order valence-corrected chi connectivity index (χ3v) is 3.74. The number of rotatable bonds is 5. The third kappa shape index (κ3) is 4.36. The number of hydrogen-bond acceptors (Lipinski definition) is 3.